The summed E-state index contributed by atoms with van der Waals surface area (Å²) in [5, 5.41) is 11.6. The second kappa shape index (κ2) is 6.42. The molecule has 0 aliphatic carbocycles. The van der Waals surface area contributed by atoms with Gasteiger partial charge in [-0.05, 0) is 49.7 Å². The number of aromatic nitrogens is 4. The van der Waals surface area contributed by atoms with E-state index in [1.54, 1.807) is 0 Å². The van der Waals surface area contributed by atoms with Gasteiger partial charge in [0.05, 0.1) is 11.2 Å². The molecule has 0 saturated heterocycles. The number of benzene rings is 2. The first-order chi connectivity index (χ1) is 12.5. The van der Waals surface area contributed by atoms with Crippen LogP contribution in [0.25, 0.3) is 22.0 Å². The Morgan fingerprint density at radius 1 is 1.08 bits per heavy atom. The first-order valence-corrected chi connectivity index (χ1v) is 8.92. The lowest BCUT2D eigenvalue weighted by Crippen LogP contribution is -2.01. The lowest BCUT2D eigenvalue weighted by atomic mass is 10.0. The lowest BCUT2D eigenvalue weighted by Gasteiger charge is -2.11. The molecule has 0 fully saturated rings. The largest absolute Gasteiger partial charge is 0.368 e. The zero-order valence-electron chi connectivity index (χ0n) is 14.3. The van der Waals surface area contributed by atoms with E-state index in [2.05, 4.69) is 47.5 Å². The standard InChI is InChI=1S/C19H17BrN6/c1-10-17(11(2)26-25-10)12-6-7-16-15(8-12)18(24-19(21)23-16)22-14-5-3-4-13(20)9-14/h3-9H,1-2H3,(H,25,26)(H3,21,22,23,24). The molecule has 4 rings (SSSR count). The minimum absolute atomic E-state index is 0.235. The molecule has 0 spiro atoms. The zero-order chi connectivity index (χ0) is 18.3. The van der Waals surface area contributed by atoms with Gasteiger partial charge in [0.15, 0.2) is 0 Å². The van der Waals surface area contributed by atoms with Crippen molar-refractivity contribution in [1.29, 1.82) is 0 Å². The molecule has 2 heterocycles. The van der Waals surface area contributed by atoms with Crippen LogP contribution >= 0.6 is 15.9 Å². The summed E-state index contributed by atoms with van der Waals surface area (Å²) in [6.07, 6.45) is 0. The third-order valence-electron chi connectivity index (χ3n) is 4.22. The number of hydrogen-bond donors (Lipinski definition) is 3. The van der Waals surface area contributed by atoms with Crippen molar-refractivity contribution in [2.24, 2.45) is 0 Å². The minimum Gasteiger partial charge on any atom is -0.368 e. The highest BCUT2D eigenvalue weighted by Crippen LogP contribution is 2.32. The number of rotatable bonds is 3. The molecule has 0 saturated carbocycles. The number of nitrogens with two attached hydrogens (primary N) is 1. The Kier molecular flexibility index (Phi) is 4.08. The SMILES string of the molecule is Cc1n[nH]c(C)c1-c1ccc2nc(N)nc(Nc3cccc(Br)c3)c2c1. The van der Waals surface area contributed by atoms with Crippen molar-refractivity contribution in [2.75, 3.05) is 11.1 Å². The predicted octanol–water partition coefficient (Wildman–Crippen LogP) is 4.73. The second-order valence-electron chi connectivity index (χ2n) is 6.11. The maximum Gasteiger partial charge on any atom is 0.222 e. The Morgan fingerprint density at radius 3 is 2.65 bits per heavy atom. The third kappa shape index (κ3) is 3.01. The van der Waals surface area contributed by atoms with Crippen molar-refractivity contribution < 1.29 is 0 Å². The minimum atomic E-state index is 0.235. The molecule has 7 heteroatoms. The molecule has 0 aliphatic rings. The van der Waals surface area contributed by atoms with Gasteiger partial charge in [0.1, 0.15) is 5.82 Å². The van der Waals surface area contributed by atoms with Crippen LogP contribution in [0.15, 0.2) is 46.9 Å². The van der Waals surface area contributed by atoms with Crippen LogP contribution in [0.5, 0.6) is 0 Å². The maximum absolute atomic E-state index is 5.90. The van der Waals surface area contributed by atoms with Crippen molar-refractivity contribution in [3.8, 4) is 11.1 Å². The summed E-state index contributed by atoms with van der Waals surface area (Å²) in [5.74, 6) is 0.907. The van der Waals surface area contributed by atoms with Crippen LogP contribution in [0.1, 0.15) is 11.4 Å². The van der Waals surface area contributed by atoms with Crippen molar-refractivity contribution in [3.63, 3.8) is 0 Å². The molecule has 2 aromatic carbocycles. The van der Waals surface area contributed by atoms with Crippen molar-refractivity contribution in [3.05, 3.63) is 58.3 Å². The van der Waals surface area contributed by atoms with Crippen molar-refractivity contribution >= 4 is 44.3 Å². The highest BCUT2D eigenvalue weighted by Gasteiger charge is 2.13. The maximum atomic E-state index is 5.90. The van der Waals surface area contributed by atoms with Gasteiger partial charge < -0.3 is 11.1 Å². The monoisotopic (exact) mass is 408 g/mol. The molecule has 0 bridgehead atoms. The van der Waals surface area contributed by atoms with E-state index >= 15 is 0 Å². The summed E-state index contributed by atoms with van der Waals surface area (Å²) in [4.78, 5) is 8.77. The Bertz CT molecular complexity index is 1100. The topological polar surface area (TPSA) is 92.5 Å². The van der Waals surface area contributed by atoms with Crippen LogP contribution in [0.4, 0.5) is 17.5 Å². The van der Waals surface area contributed by atoms with Gasteiger partial charge in [0.25, 0.3) is 0 Å². The number of nitrogens with zero attached hydrogens (tertiary/aromatic N) is 3. The molecule has 0 atom stereocenters. The van der Waals surface area contributed by atoms with Gasteiger partial charge in [-0.25, -0.2) is 4.98 Å². The molecule has 6 nitrogen and oxygen atoms in total. The number of aryl methyl sites for hydroxylation is 2. The number of anilines is 3. The second-order valence-corrected chi connectivity index (χ2v) is 7.02. The van der Waals surface area contributed by atoms with E-state index in [0.29, 0.717) is 5.82 Å². The van der Waals surface area contributed by atoms with E-state index < -0.39 is 0 Å². The Labute approximate surface area is 159 Å². The number of nitrogens with one attached hydrogen (secondary N) is 2. The molecule has 2 aromatic heterocycles. The lowest BCUT2D eigenvalue weighted by molar-refractivity contribution is 1.02. The normalized spacial score (nSPS) is 11.0. The first-order valence-electron chi connectivity index (χ1n) is 8.13. The summed E-state index contributed by atoms with van der Waals surface area (Å²) >= 11 is 3.49. The summed E-state index contributed by atoms with van der Waals surface area (Å²) in [6.45, 7) is 4.00. The molecule has 0 amide bonds. The fraction of sp³-hybridized carbons (Fsp3) is 0.105. The van der Waals surface area contributed by atoms with Crippen LogP contribution in [-0.4, -0.2) is 20.2 Å². The highest BCUT2D eigenvalue weighted by molar-refractivity contribution is 9.10. The highest BCUT2D eigenvalue weighted by atomic mass is 79.9. The van der Waals surface area contributed by atoms with E-state index in [4.69, 9.17) is 5.73 Å². The van der Waals surface area contributed by atoms with Gasteiger partial charge in [0.2, 0.25) is 5.95 Å². The number of halogens is 1. The Morgan fingerprint density at radius 2 is 1.92 bits per heavy atom. The fourth-order valence-electron chi connectivity index (χ4n) is 3.08. The predicted molar refractivity (Wildman–Crippen MR) is 108 cm³/mol. The van der Waals surface area contributed by atoms with Gasteiger partial charge in [-0.2, -0.15) is 10.1 Å². The van der Waals surface area contributed by atoms with Crippen molar-refractivity contribution in [1.82, 2.24) is 20.2 Å². The number of fused-ring (bicyclic) bond motifs is 1. The molecule has 26 heavy (non-hydrogen) atoms. The van der Waals surface area contributed by atoms with Gasteiger partial charge in [-0.1, -0.05) is 28.1 Å². The van der Waals surface area contributed by atoms with Crippen LogP contribution < -0.4 is 11.1 Å². The molecule has 4 N–H and O–H groups in total. The van der Waals surface area contributed by atoms with E-state index in [1.807, 2.05) is 50.2 Å². The quantitative estimate of drug-likeness (QED) is 0.455. The van der Waals surface area contributed by atoms with Crippen molar-refractivity contribution in [2.45, 2.75) is 13.8 Å². The van der Waals surface area contributed by atoms with Gasteiger partial charge >= 0.3 is 0 Å². The molecule has 130 valence electrons. The molecular formula is C19H17BrN6. The average molecular weight is 409 g/mol. The Hall–Kier alpha value is -2.93. The van der Waals surface area contributed by atoms with E-state index in [1.165, 1.54) is 0 Å². The van der Waals surface area contributed by atoms with E-state index in [0.717, 1.165) is 43.6 Å². The van der Waals surface area contributed by atoms with Gasteiger partial charge in [-0.3, -0.25) is 5.10 Å². The van der Waals surface area contributed by atoms with Crippen LogP contribution in [-0.2, 0) is 0 Å². The number of hydrogen-bond acceptors (Lipinski definition) is 5. The van der Waals surface area contributed by atoms with Gasteiger partial charge in [-0.15, -0.1) is 0 Å². The molecule has 0 radical (unpaired) electrons. The third-order valence-corrected chi connectivity index (χ3v) is 4.71. The molecule has 0 unspecified atom stereocenters. The average Bonchev–Trinajstić information content (AvgIpc) is 2.93. The summed E-state index contributed by atoms with van der Waals surface area (Å²) in [7, 11) is 0. The van der Waals surface area contributed by atoms with Gasteiger partial charge in [0, 0.05) is 26.8 Å². The number of aromatic amines is 1. The zero-order valence-corrected chi connectivity index (χ0v) is 15.9. The van der Waals surface area contributed by atoms with Crippen LogP contribution in [0.2, 0.25) is 0 Å². The number of H-pyrrole nitrogens is 1. The molecular weight excluding hydrogens is 392 g/mol. The molecule has 0 aliphatic heterocycles. The van der Waals surface area contributed by atoms with E-state index in [-0.39, 0.29) is 5.95 Å². The summed E-state index contributed by atoms with van der Waals surface area (Å²) < 4.78 is 0.985. The van der Waals surface area contributed by atoms with Crippen LogP contribution in [0.3, 0.4) is 0 Å². The fourth-order valence-corrected chi connectivity index (χ4v) is 3.48. The smallest absolute Gasteiger partial charge is 0.222 e. The first kappa shape index (κ1) is 16.5. The van der Waals surface area contributed by atoms with E-state index in [9.17, 15) is 0 Å². The molecule has 4 aromatic rings. The van der Waals surface area contributed by atoms with Crippen LogP contribution in [0, 0.1) is 13.8 Å². The summed E-state index contributed by atoms with van der Waals surface area (Å²) in [6, 6.07) is 14.0. The number of nitrogen functional groups attached to an aromatic ring is 1. The Balaban J connectivity index is 1.87. The summed E-state index contributed by atoms with van der Waals surface area (Å²) in [5.41, 5.74) is 11.8.